The number of aromatic nitrogens is 3. The summed E-state index contributed by atoms with van der Waals surface area (Å²) in [5, 5.41) is 25.2. The number of ether oxygens (including phenoxy) is 1. The second-order valence-electron chi connectivity index (χ2n) is 15.8. The summed E-state index contributed by atoms with van der Waals surface area (Å²) in [4.78, 5) is 46.0. The minimum atomic E-state index is -3.46. The third kappa shape index (κ3) is 6.85. The van der Waals surface area contributed by atoms with Gasteiger partial charge in [0.05, 0.1) is 49.6 Å². The van der Waals surface area contributed by atoms with Crippen LogP contribution in [0, 0.1) is 5.92 Å². The molecule has 3 N–H and O–H groups in total. The van der Waals surface area contributed by atoms with Crippen molar-refractivity contribution in [1.82, 2.24) is 25.6 Å². The van der Waals surface area contributed by atoms with Crippen LogP contribution in [0.25, 0.3) is 0 Å². The van der Waals surface area contributed by atoms with Crippen LogP contribution in [0.1, 0.15) is 41.6 Å². The molecule has 3 saturated heterocycles. The van der Waals surface area contributed by atoms with Gasteiger partial charge in [-0.05, 0) is 61.0 Å². The van der Waals surface area contributed by atoms with Crippen molar-refractivity contribution in [1.29, 1.82) is 0 Å². The molecule has 3 aromatic carbocycles. The highest BCUT2D eigenvalue weighted by molar-refractivity contribution is 6.72. The first kappa shape index (κ1) is 38.1. The standard InChI is InChI=1S/C41H49FN8O5Si/c1-27-39(56(2,3)42)36(15-18-47-25-34(45-46-47)32(26-51)29-7-5-4-6-8-29)55-41(27)33-21-31(49-20-17-44-23-38(49)53)13-14-35(33)50(40(41)54)24-28-9-11-30(12-10-28)48-19-16-43-22-37(48)52/h4-14,21,25,27,32,36,39,43-44,51H,15-20,22-24,26H2,1-3H3/t27-,32?,36+,39-,41+/m1/s1. The number of nitrogens with one attached hydrogen (secondary N) is 2. The van der Waals surface area contributed by atoms with E-state index in [-0.39, 0.29) is 43.3 Å². The molecule has 56 heavy (non-hydrogen) atoms. The Hall–Kier alpha value is -4.80. The summed E-state index contributed by atoms with van der Waals surface area (Å²) in [6, 6.07) is 23.0. The number of piperazine rings is 2. The number of halogens is 1. The average Bonchev–Trinajstić information content (AvgIpc) is 3.85. The molecular formula is C41H49FN8O5Si. The Morgan fingerprint density at radius 2 is 1.61 bits per heavy atom. The lowest BCUT2D eigenvalue weighted by Gasteiger charge is -2.32. The van der Waals surface area contributed by atoms with Gasteiger partial charge in [0.2, 0.25) is 20.2 Å². The highest BCUT2D eigenvalue weighted by Crippen LogP contribution is 2.60. The Kier molecular flexibility index (Phi) is 10.4. The number of benzene rings is 3. The number of rotatable bonds is 11. The summed E-state index contributed by atoms with van der Waals surface area (Å²) >= 11 is 0. The van der Waals surface area contributed by atoms with Crippen LogP contribution in [0.2, 0.25) is 18.6 Å². The normalized spacial score (nSPS) is 24.7. The van der Waals surface area contributed by atoms with Crippen LogP contribution in [-0.2, 0) is 37.8 Å². The van der Waals surface area contributed by atoms with Crippen molar-refractivity contribution in [3.8, 4) is 0 Å². The lowest BCUT2D eigenvalue weighted by molar-refractivity contribution is -0.146. The lowest BCUT2D eigenvalue weighted by Crippen LogP contribution is -2.48. The van der Waals surface area contributed by atoms with Gasteiger partial charge in [-0.1, -0.05) is 54.6 Å². The molecular weight excluding hydrogens is 732 g/mol. The van der Waals surface area contributed by atoms with E-state index in [1.165, 1.54) is 0 Å². The van der Waals surface area contributed by atoms with Gasteiger partial charge < -0.3 is 39.3 Å². The molecule has 13 nitrogen and oxygen atoms in total. The van der Waals surface area contributed by atoms with Crippen LogP contribution in [0.4, 0.5) is 21.2 Å². The molecule has 3 fully saturated rings. The fourth-order valence-electron chi connectivity index (χ4n) is 9.25. The maximum atomic E-state index is 16.7. The maximum absolute atomic E-state index is 16.7. The van der Waals surface area contributed by atoms with Gasteiger partial charge >= 0.3 is 0 Å². The Bertz CT molecular complexity index is 2100. The molecule has 15 heteroatoms. The Balaban J connectivity index is 1.11. The summed E-state index contributed by atoms with van der Waals surface area (Å²) in [5.74, 6) is -1.17. The van der Waals surface area contributed by atoms with Gasteiger partial charge in [0.1, 0.15) is 0 Å². The molecule has 0 radical (unpaired) electrons. The Morgan fingerprint density at radius 3 is 2.25 bits per heavy atom. The minimum Gasteiger partial charge on any atom is -0.395 e. The van der Waals surface area contributed by atoms with Crippen molar-refractivity contribution in [3.63, 3.8) is 0 Å². The van der Waals surface area contributed by atoms with Gasteiger partial charge in [-0.25, -0.2) is 0 Å². The second-order valence-corrected chi connectivity index (χ2v) is 19.6. The zero-order chi connectivity index (χ0) is 39.2. The molecule has 0 bridgehead atoms. The van der Waals surface area contributed by atoms with E-state index in [1.807, 2.05) is 85.9 Å². The van der Waals surface area contributed by atoms with E-state index in [9.17, 15) is 14.7 Å². The maximum Gasteiger partial charge on any atom is 0.264 e. The van der Waals surface area contributed by atoms with E-state index in [4.69, 9.17) is 4.74 Å². The number of hydrogen-bond acceptors (Lipinski definition) is 9. The van der Waals surface area contributed by atoms with Gasteiger partial charge in [-0.15, -0.1) is 5.10 Å². The second kappa shape index (κ2) is 15.3. The van der Waals surface area contributed by atoms with E-state index < -0.39 is 31.6 Å². The summed E-state index contributed by atoms with van der Waals surface area (Å²) in [6.07, 6.45) is 1.59. The molecule has 1 spiro atoms. The number of aliphatic hydroxyl groups excluding tert-OH is 1. The quantitative estimate of drug-likeness (QED) is 0.153. The number of nitrogens with zero attached hydrogens (tertiary/aromatic N) is 6. The molecule has 0 saturated carbocycles. The average molecular weight is 781 g/mol. The minimum absolute atomic E-state index is 0.00924. The van der Waals surface area contributed by atoms with E-state index in [1.54, 1.807) is 32.5 Å². The lowest BCUT2D eigenvalue weighted by atomic mass is 9.82. The van der Waals surface area contributed by atoms with Crippen LogP contribution in [0.15, 0.2) is 79.0 Å². The van der Waals surface area contributed by atoms with Gasteiger partial charge in [0.25, 0.3) is 5.91 Å². The smallest absolute Gasteiger partial charge is 0.264 e. The molecule has 5 heterocycles. The molecule has 4 aliphatic heterocycles. The largest absolute Gasteiger partial charge is 0.395 e. The topological polar surface area (TPSA) is 145 Å². The monoisotopic (exact) mass is 780 g/mol. The van der Waals surface area contributed by atoms with Crippen molar-refractivity contribution in [2.24, 2.45) is 5.92 Å². The van der Waals surface area contributed by atoms with E-state index >= 15 is 8.90 Å². The van der Waals surface area contributed by atoms with E-state index in [0.717, 1.165) is 16.8 Å². The van der Waals surface area contributed by atoms with Crippen LogP contribution in [0.5, 0.6) is 0 Å². The van der Waals surface area contributed by atoms with Crippen molar-refractivity contribution >= 4 is 43.2 Å². The van der Waals surface area contributed by atoms with E-state index in [0.29, 0.717) is 68.3 Å². The first-order chi connectivity index (χ1) is 27.0. The Morgan fingerprint density at radius 1 is 0.946 bits per heavy atom. The molecule has 4 aliphatic rings. The third-order valence-corrected chi connectivity index (χ3v) is 14.4. The molecule has 294 valence electrons. The molecule has 8 rings (SSSR count). The first-order valence-corrected chi connectivity index (χ1v) is 22.4. The van der Waals surface area contributed by atoms with Crippen LogP contribution in [0.3, 0.4) is 0 Å². The number of amides is 3. The third-order valence-electron chi connectivity index (χ3n) is 12.0. The summed E-state index contributed by atoms with van der Waals surface area (Å²) in [6.45, 7) is 8.72. The zero-order valence-electron chi connectivity index (χ0n) is 32.0. The van der Waals surface area contributed by atoms with Crippen LogP contribution >= 0.6 is 0 Å². The van der Waals surface area contributed by atoms with Gasteiger partial charge in [0.15, 0.2) is 5.60 Å². The van der Waals surface area contributed by atoms with Crippen LogP contribution in [-0.4, -0.2) is 98.2 Å². The fourth-order valence-corrected chi connectivity index (χ4v) is 11.8. The molecule has 1 aromatic heterocycles. The predicted molar refractivity (Wildman–Crippen MR) is 213 cm³/mol. The number of aliphatic hydroxyl groups is 1. The molecule has 5 atom stereocenters. The van der Waals surface area contributed by atoms with Crippen molar-refractivity contribution in [3.05, 3.63) is 101 Å². The number of carbonyl (C=O) groups excluding carboxylic acids is 3. The van der Waals surface area contributed by atoms with Crippen LogP contribution < -0.4 is 25.3 Å². The Labute approximate surface area is 327 Å². The summed E-state index contributed by atoms with van der Waals surface area (Å²) in [7, 11) is -3.46. The highest BCUT2D eigenvalue weighted by atomic mass is 28.4. The molecule has 1 unspecified atom stereocenters. The number of anilines is 3. The van der Waals surface area contributed by atoms with Gasteiger partial charge in [-0.2, -0.15) is 0 Å². The predicted octanol–water partition coefficient (Wildman–Crippen LogP) is 3.69. The summed E-state index contributed by atoms with van der Waals surface area (Å²) < 4.78 is 25.4. The SMILES string of the molecule is C[C@@H]1[C@@H]([Si](C)(C)F)[C@H](CCn2cc(C(CO)c3ccccc3)nn2)O[C@@]12C(=O)N(Cc1ccc(N3CCNCC3=O)cc1)c1ccc(N3CCNCC3=O)cc12. The van der Waals surface area contributed by atoms with E-state index in [2.05, 4.69) is 20.9 Å². The fraction of sp³-hybridized carbons (Fsp3) is 0.439. The number of aryl methyl sites for hydroxylation is 1. The first-order valence-electron chi connectivity index (χ1n) is 19.5. The number of hydrogen-bond donors (Lipinski definition) is 3. The number of carbonyl (C=O) groups is 3. The zero-order valence-corrected chi connectivity index (χ0v) is 33.0. The number of fused-ring (bicyclic) bond motifs is 2. The van der Waals surface area contributed by atoms with Crippen molar-refractivity contribution in [2.75, 3.05) is 60.6 Å². The summed E-state index contributed by atoms with van der Waals surface area (Å²) in [5.41, 5.74) is 3.20. The molecule has 3 amide bonds. The highest BCUT2D eigenvalue weighted by Gasteiger charge is 2.66. The molecule has 4 aromatic rings. The molecule has 0 aliphatic carbocycles. The van der Waals surface area contributed by atoms with Gasteiger partial charge in [0, 0.05) is 67.3 Å². The van der Waals surface area contributed by atoms with Crippen molar-refractivity contribution in [2.45, 2.75) is 62.7 Å². The van der Waals surface area contributed by atoms with Crippen molar-refractivity contribution < 1.29 is 28.3 Å². The van der Waals surface area contributed by atoms with Gasteiger partial charge in [-0.3, -0.25) is 19.1 Å².